The fraction of sp³-hybridized carbons (Fsp3) is 0.158. The van der Waals surface area contributed by atoms with Crippen LogP contribution in [0.25, 0.3) is 11.0 Å². The van der Waals surface area contributed by atoms with E-state index in [1.54, 1.807) is 18.2 Å². The average molecular weight is 354 g/mol. The lowest BCUT2D eigenvalue weighted by Crippen LogP contribution is -2.11. The van der Waals surface area contributed by atoms with Gasteiger partial charge in [0.05, 0.1) is 11.8 Å². The summed E-state index contributed by atoms with van der Waals surface area (Å²) in [6.07, 6.45) is 1.84. The van der Waals surface area contributed by atoms with Gasteiger partial charge >= 0.3 is 0 Å². The first kappa shape index (κ1) is 16.0. The van der Waals surface area contributed by atoms with Crippen molar-refractivity contribution < 1.29 is 28.9 Å². The quantitative estimate of drug-likeness (QED) is 0.696. The minimum atomic E-state index is -0.584. The molecular formula is C19H14O7. The van der Waals surface area contributed by atoms with Crippen molar-refractivity contribution in [2.24, 2.45) is 0 Å². The Kier molecular flexibility index (Phi) is 3.57. The number of ether oxygens (including phenoxy) is 2. The molecule has 0 radical (unpaired) electrons. The summed E-state index contributed by atoms with van der Waals surface area (Å²) in [5, 5.41) is 20.1. The Balaban J connectivity index is 1.86. The van der Waals surface area contributed by atoms with Crippen LogP contribution in [0.5, 0.6) is 23.0 Å². The molecule has 0 saturated heterocycles. The molecule has 4 rings (SSSR count). The van der Waals surface area contributed by atoms with Gasteiger partial charge in [0.1, 0.15) is 22.5 Å². The summed E-state index contributed by atoms with van der Waals surface area (Å²) in [4.78, 5) is 24.0. The molecule has 0 amide bonds. The molecule has 2 N–H and O–H groups in total. The van der Waals surface area contributed by atoms with Crippen LogP contribution in [0, 0.1) is 6.92 Å². The molecule has 1 aliphatic heterocycles. The molecule has 0 bridgehead atoms. The first-order valence-electron chi connectivity index (χ1n) is 7.83. The smallest absolute Gasteiger partial charge is 0.231 e. The van der Waals surface area contributed by atoms with E-state index >= 15 is 0 Å². The fourth-order valence-electron chi connectivity index (χ4n) is 3.06. The topological polar surface area (TPSA) is 106 Å². The molecule has 2 aromatic carbocycles. The Morgan fingerprint density at radius 2 is 1.92 bits per heavy atom. The third kappa shape index (κ3) is 2.28. The number of aryl methyl sites for hydroxylation is 1. The number of aromatic hydroxyl groups is 2. The van der Waals surface area contributed by atoms with Gasteiger partial charge in [-0.2, -0.15) is 0 Å². The maximum absolute atomic E-state index is 12.8. The normalized spacial score (nSPS) is 12.5. The summed E-state index contributed by atoms with van der Waals surface area (Å²) in [7, 11) is 0. The van der Waals surface area contributed by atoms with E-state index in [1.807, 2.05) is 0 Å². The van der Waals surface area contributed by atoms with E-state index < -0.39 is 16.9 Å². The largest absolute Gasteiger partial charge is 0.507 e. The number of hydrogen-bond donors (Lipinski definition) is 2. The fourth-order valence-corrected chi connectivity index (χ4v) is 3.06. The zero-order chi connectivity index (χ0) is 18.4. The monoisotopic (exact) mass is 354 g/mol. The van der Waals surface area contributed by atoms with Crippen LogP contribution in [0.3, 0.4) is 0 Å². The number of benzene rings is 2. The third-order valence-corrected chi connectivity index (χ3v) is 4.46. The third-order valence-electron chi connectivity index (χ3n) is 4.46. The second-order valence-electron chi connectivity index (χ2n) is 6.01. The van der Waals surface area contributed by atoms with Crippen LogP contribution >= 0.6 is 0 Å². The molecule has 2 heterocycles. The van der Waals surface area contributed by atoms with Gasteiger partial charge in [-0.05, 0) is 24.6 Å². The van der Waals surface area contributed by atoms with Crippen LogP contribution in [-0.2, 0) is 6.42 Å². The van der Waals surface area contributed by atoms with E-state index in [2.05, 4.69) is 0 Å². The Hall–Kier alpha value is -3.48. The maximum Gasteiger partial charge on any atom is 0.231 e. The lowest BCUT2D eigenvalue weighted by molar-refractivity contribution is 0.111. The molecular weight excluding hydrogens is 340 g/mol. The van der Waals surface area contributed by atoms with Gasteiger partial charge in [-0.3, -0.25) is 9.59 Å². The Labute approximate surface area is 147 Å². The first-order valence-corrected chi connectivity index (χ1v) is 7.83. The second kappa shape index (κ2) is 5.80. The highest BCUT2D eigenvalue weighted by atomic mass is 16.7. The van der Waals surface area contributed by atoms with Crippen molar-refractivity contribution in [3.63, 3.8) is 0 Å². The molecule has 0 saturated carbocycles. The number of carbonyl (C=O) groups excluding carboxylic acids is 1. The number of aldehydes is 1. The van der Waals surface area contributed by atoms with Crippen LogP contribution in [0.4, 0.5) is 0 Å². The maximum atomic E-state index is 12.8. The van der Waals surface area contributed by atoms with Gasteiger partial charge in [0, 0.05) is 17.5 Å². The highest BCUT2D eigenvalue weighted by Gasteiger charge is 2.22. The molecule has 0 aliphatic carbocycles. The van der Waals surface area contributed by atoms with E-state index in [-0.39, 0.29) is 35.3 Å². The Morgan fingerprint density at radius 1 is 1.15 bits per heavy atom. The summed E-state index contributed by atoms with van der Waals surface area (Å²) in [5.74, 6) is 0.245. The van der Waals surface area contributed by atoms with Crippen molar-refractivity contribution in [1.82, 2.24) is 0 Å². The van der Waals surface area contributed by atoms with Crippen molar-refractivity contribution in [2.45, 2.75) is 13.3 Å². The van der Waals surface area contributed by atoms with Crippen molar-refractivity contribution in [3.8, 4) is 23.0 Å². The number of rotatable bonds is 3. The van der Waals surface area contributed by atoms with Crippen LogP contribution in [-0.4, -0.2) is 23.3 Å². The SMILES string of the molecule is Cc1c(O)c(C=O)c(O)c2c(=O)c(Cc3ccc4c(c3)OCO4)coc12. The standard InChI is InChI=1S/C19H14O7/c1-9-16(21)12(6-20)18(23)15-17(22)11(7-24-19(9)15)4-10-2-3-13-14(5-10)26-8-25-13/h2-3,5-7,21,23H,4,8H2,1H3. The van der Waals surface area contributed by atoms with Crippen LogP contribution in [0.15, 0.2) is 33.7 Å². The second-order valence-corrected chi connectivity index (χ2v) is 6.01. The van der Waals surface area contributed by atoms with E-state index in [1.165, 1.54) is 13.2 Å². The summed E-state index contributed by atoms with van der Waals surface area (Å²) >= 11 is 0. The predicted molar refractivity (Wildman–Crippen MR) is 91.3 cm³/mol. The van der Waals surface area contributed by atoms with E-state index in [4.69, 9.17) is 13.9 Å². The number of fused-ring (bicyclic) bond motifs is 2. The molecule has 0 fully saturated rings. The molecule has 0 atom stereocenters. The minimum Gasteiger partial charge on any atom is -0.507 e. The van der Waals surface area contributed by atoms with Crippen molar-refractivity contribution in [3.05, 3.63) is 56.9 Å². The van der Waals surface area contributed by atoms with Gasteiger partial charge < -0.3 is 24.1 Å². The van der Waals surface area contributed by atoms with Crippen molar-refractivity contribution in [1.29, 1.82) is 0 Å². The Bertz CT molecular complexity index is 1110. The summed E-state index contributed by atoms with van der Waals surface area (Å²) < 4.78 is 16.1. The molecule has 1 aliphatic rings. The minimum absolute atomic E-state index is 0.0463. The van der Waals surface area contributed by atoms with E-state index in [0.717, 1.165) is 5.56 Å². The average Bonchev–Trinajstić information content (AvgIpc) is 3.09. The number of carbonyl (C=O) groups is 1. The van der Waals surface area contributed by atoms with Crippen molar-refractivity contribution >= 4 is 17.3 Å². The van der Waals surface area contributed by atoms with Gasteiger partial charge in [-0.1, -0.05) is 6.07 Å². The lowest BCUT2D eigenvalue weighted by atomic mass is 10.00. The van der Waals surface area contributed by atoms with Gasteiger partial charge in [0.2, 0.25) is 6.79 Å². The first-order chi connectivity index (χ1) is 12.5. The molecule has 0 spiro atoms. The van der Waals surface area contributed by atoms with Gasteiger partial charge in [-0.25, -0.2) is 0 Å². The lowest BCUT2D eigenvalue weighted by Gasteiger charge is -2.10. The molecule has 26 heavy (non-hydrogen) atoms. The number of phenols is 2. The number of hydrogen-bond acceptors (Lipinski definition) is 7. The van der Waals surface area contributed by atoms with E-state index in [9.17, 15) is 19.8 Å². The summed E-state index contributed by atoms with van der Waals surface area (Å²) in [6.45, 7) is 1.66. The molecule has 0 unspecified atom stereocenters. The zero-order valence-electron chi connectivity index (χ0n) is 13.7. The Morgan fingerprint density at radius 3 is 2.69 bits per heavy atom. The summed E-state index contributed by atoms with van der Waals surface area (Å²) in [6, 6.07) is 5.32. The van der Waals surface area contributed by atoms with Crippen LogP contribution in [0.1, 0.15) is 27.0 Å². The molecule has 7 heteroatoms. The van der Waals surface area contributed by atoms with Gasteiger partial charge in [-0.15, -0.1) is 0 Å². The van der Waals surface area contributed by atoms with Crippen LogP contribution < -0.4 is 14.9 Å². The molecule has 7 nitrogen and oxygen atoms in total. The van der Waals surface area contributed by atoms with Gasteiger partial charge in [0.25, 0.3) is 0 Å². The van der Waals surface area contributed by atoms with Gasteiger partial charge in [0.15, 0.2) is 23.2 Å². The molecule has 3 aromatic rings. The van der Waals surface area contributed by atoms with E-state index in [0.29, 0.717) is 23.3 Å². The summed E-state index contributed by atoms with van der Waals surface area (Å²) in [5.41, 5.74) is 0.562. The van der Waals surface area contributed by atoms with Crippen molar-refractivity contribution in [2.75, 3.05) is 6.79 Å². The number of phenolic OH excluding ortho intramolecular Hbond substituents is 2. The molecule has 1 aromatic heterocycles. The van der Waals surface area contributed by atoms with Crippen LogP contribution in [0.2, 0.25) is 0 Å². The highest BCUT2D eigenvalue weighted by Crippen LogP contribution is 2.37. The zero-order valence-corrected chi connectivity index (χ0v) is 13.7. The predicted octanol–water partition coefficient (Wildman–Crippen LogP) is 2.64. The highest BCUT2D eigenvalue weighted by molar-refractivity contribution is 5.98. The molecule has 132 valence electrons.